The molecule has 6 atom stereocenters. The minimum atomic E-state index is -1.11. The van der Waals surface area contributed by atoms with E-state index in [0.29, 0.717) is 62.9 Å². The summed E-state index contributed by atoms with van der Waals surface area (Å²) in [5.41, 5.74) is -1.11. The van der Waals surface area contributed by atoms with Gasteiger partial charge in [-0.2, -0.15) is 0 Å². The molecular formula is C23H37ClN4O3. The number of alkyl halides is 1. The number of carbonyl (C=O) groups is 2. The Morgan fingerprint density at radius 2 is 1.71 bits per heavy atom. The van der Waals surface area contributed by atoms with Gasteiger partial charge in [0.1, 0.15) is 5.60 Å². The zero-order valence-corrected chi connectivity index (χ0v) is 19.4. The second kappa shape index (κ2) is 8.47. The van der Waals surface area contributed by atoms with E-state index < -0.39 is 5.60 Å². The van der Waals surface area contributed by atoms with E-state index in [4.69, 9.17) is 11.6 Å². The van der Waals surface area contributed by atoms with Crippen LogP contribution in [0.25, 0.3) is 0 Å². The van der Waals surface area contributed by atoms with Crippen LogP contribution in [0.1, 0.15) is 51.4 Å². The molecule has 8 heteroatoms. The molecule has 2 saturated heterocycles. The summed E-state index contributed by atoms with van der Waals surface area (Å²) in [4.78, 5) is 31.6. The van der Waals surface area contributed by atoms with Crippen molar-refractivity contribution in [3.63, 3.8) is 0 Å². The average molecular weight is 453 g/mol. The van der Waals surface area contributed by atoms with Gasteiger partial charge in [0.2, 0.25) is 5.91 Å². The van der Waals surface area contributed by atoms with E-state index in [9.17, 15) is 14.7 Å². The number of amides is 2. The molecule has 0 bridgehead atoms. The Labute approximate surface area is 190 Å². The number of carbonyl (C=O) groups excluding carboxylic acids is 2. The van der Waals surface area contributed by atoms with Crippen LogP contribution in [-0.2, 0) is 9.59 Å². The molecule has 6 unspecified atom stereocenters. The van der Waals surface area contributed by atoms with Crippen molar-refractivity contribution in [3.05, 3.63) is 0 Å². The lowest BCUT2D eigenvalue weighted by molar-refractivity contribution is -0.148. The molecule has 5 aliphatic rings. The summed E-state index contributed by atoms with van der Waals surface area (Å²) >= 11 is 6.91. The first-order valence-corrected chi connectivity index (χ1v) is 12.7. The fourth-order valence-corrected chi connectivity index (χ4v) is 7.13. The minimum absolute atomic E-state index is 0.0146. The van der Waals surface area contributed by atoms with E-state index in [0.717, 1.165) is 25.9 Å². The SMILES string of the molecule is CN1CNC2CCC(C3CCC(C(=O)N4CCN(C(=O)C5(O)CC5)CC4)CC3Cl)CC21. The number of rotatable bonds is 3. The van der Waals surface area contributed by atoms with Gasteiger partial charge in [0, 0.05) is 56.2 Å². The van der Waals surface area contributed by atoms with E-state index >= 15 is 0 Å². The lowest BCUT2D eigenvalue weighted by Crippen LogP contribution is -2.55. The molecule has 3 aliphatic carbocycles. The van der Waals surface area contributed by atoms with Crippen molar-refractivity contribution in [1.29, 1.82) is 0 Å². The summed E-state index contributed by atoms with van der Waals surface area (Å²) in [7, 11) is 2.21. The van der Waals surface area contributed by atoms with Gasteiger partial charge in [-0.15, -0.1) is 11.6 Å². The van der Waals surface area contributed by atoms with Crippen LogP contribution < -0.4 is 5.32 Å². The quantitative estimate of drug-likeness (QED) is 0.630. The molecule has 7 nitrogen and oxygen atoms in total. The molecule has 5 fully saturated rings. The molecule has 174 valence electrons. The number of fused-ring (bicyclic) bond motifs is 1. The number of likely N-dealkylation sites (N-methyl/N-ethyl adjacent to an activating group) is 1. The van der Waals surface area contributed by atoms with E-state index in [1.54, 1.807) is 4.90 Å². The van der Waals surface area contributed by atoms with Gasteiger partial charge in [-0.05, 0) is 70.3 Å². The number of halogens is 1. The number of piperazine rings is 1. The summed E-state index contributed by atoms with van der Waals surface area (Å²) in [5.74, 6) is 1.27. The Hall–Kier alpha value is -0.890. The fourth-order valence-electron chi connectivity index (χ4n) is 6.58. The maximum Gasteiger partial charge on any atom is 0.254 e. The van der Waals surface area contributed by atoms with Crippen molar-refractivity contribution in [2.75, 3.05) is 39.9 Å². The third-order valence-corrected chi connectivity index (χ3v) is 9.31. The molecule has 2 heterocycles. The Bertz CT molecular complexity index is 709. The molecule has 3 saturated carbocycles. The number of nitrogens with one attached hydrogen (secondary N) is 1. The third-order valence-electron chi connectivity index (χ3n) is 8.80. The summed E-state index contributed by atoms with van der Waals surface area (Å²) in [6.07, 6.45) is 7.61. The molecule has 2 N–H and O–H groups in total. The molecule has 0 aromatic heterocycles. The molecule has 2 amide bonds. The first-order chi connectivity index (χ1) is 14.9. The maximum absolute atomic E-state index is 13.2. The summed E-state index contributed by atoms with van der Waals surface area (Å²) in [6.45, 7) is 3.18. The smallest absolute Gasteiger partial charge is 0.254 e. The Morgan fingerprint density at radius 3 is 2.39 bits per heavy atom. The number of hydrogen-bond acceptors (Lipinski definition) is 5. The van der Waals surface area contributed by atoms with Crippen LogP contribution in [0, 0.1) is 17.8 Å². The van der Waals surface area contributed by atoms with Crippen molar-refractivity contribution in [2.24, 2.45) is 17.8 Å². The zero-order chi connectivity index (χ0) is 21.8. The van der Waals surface area contributed by atoms with E-state index in [1.807, 2.05) is 4.90 Å². The van der Waals surface area contributed by atoms with Crippen molar-refractivity contribution >= 4 is 23.4 Å². The van der Waals surface area contributed by atoms with Crippen LogP contribution in [-0.4, -0.2) is 94.6 Å². The van der Waals surface area contributed by atoms with E-state index in [-0.39, 0.29) is 23.1 Å². The Morgan fingerprint density at radius 1 is 1.00 bits per heavy atom. The van der Waals surface area contributed by atoms with E-state index in [2.05, 4.69) is 17.3 Å². The average Bonchev–Trinajstić information content (AvgIpc) is 3.44. The monoisotopic (exact) mass is 452 g/mol. The standard InChI is InChI=1S/C23H37ClN4O3/c1-26-14-25-19-5-3-15(13-20(19)26)17-4-2-16(12-18(17)24)21(29)27-8-10-28(11-9-27)22(30)23(31)6-7-23/h15-20,25,31H,2-14H2,1H3. The lowest BCUT2D eigenvalue weighted by Gasteiger charge is -2.43. The first kappa shape index (κ1) is 21.9. The highest BCUT2D eigenvalue weighted by molar-refractivity contribution is 6.21. The van der Waals surface area contributed by atoms with Crippen molar-refractivity contribution in [1.82, 2.24) is 20.0 Å². The van der Waals surface area contributed by atoms with Gasteiger partial charge in [-0.3, -0.25) is 19.8 Å². The number of nitrogens with zero attached hydrogens (tertiary/aromatic N) is 3. The van der Waals surface area contributed by atoms with Gasteiger partial charge >= 0.3 is 0 Å². The van der Waals surface area contributed by atoms with Crippen molar-refractivity contribution < 1.29 is 14.7 Å². The highest BCUT2D eigenvalue weighted by Gasteiger charge is 2.50. The van der Waals surface area contributed by atoms with Gasteiger partial charge in [0.25, 0.3) is 5.91 Å². The highest BCUT2D eigenvalue weighted by atomic mass is 35.5. The van der Waals surface area contributed by atoms with Gasteiger partial charge in [-0.25, -0.2) is 0 Å². The molecule has 0 spiro atoms. The normalized spacial score (nSPS) is 40.5. The topological polar surface area (TPSA) is 76.1 Å². The molecule has 0 aromatic rings. The molecule has 31 heavy (non-hydrogen) atoms. The minimum Gasteiger partial charge on any atom is -0.380 e. The van der Waals surface area contributed by atoms with Crippen LogP contribution in [0.15, 0.2) is 0 Å². The van der Waals surface area contributed by atoms with Crippen LogP contribution >= 0.6 is 11.6 Å². The lowest BCUT2D eigenvalue weighted by atomic mass is 9.68. The fraction of sp³-hybridized carbons (Fsp3) is 0.913. The third kappa shape index (κ3) is 4.23. The summed E-state index contributed by atoms with van der Waals surface area (Å²) in [5, 5.41) is 13.8. The highest BCUT2D eigenvalue weighted by Crippen LogP contribution is 2.44. The van der Waals surface area contributed by atoms with E-state index in [1.165, 1.54) is 19.3 Å². The van der Waals surface area contributed by atoms with Gasteiger partial charge in [0.15, 0.2) is 0 Å². The Balaban J connectivity index is 1.11. The molecule has 0 radical (unpaired) electrons. The number of aliphatic hydroxyl groups is 1. The van der Waals surface area contributed by atoms with Crippen molar-refractivity contribution in [2.45, 2.75) is 74.4 Å². The van der Waals surface area contributed by atoms with Crippen LogP contribution in [0.4, 0.5) is 0 Å². The van der Waals surface area contributed by atoms with Crippen LogP contribution in [0.2, 0.25) is 0 Å². The van der Waals surface area contributed by atoms with Crippen LogP contribution in [0.5, 0.6) is 0 Å². The predicted octanol–water partition coefficient (Wildman–Crippen LogP) is 1.24. The summed E-state index contributed by atoms with van der Waals surface area (Å²) in [6, 6.07) is 1.27. The Kier molecular flexibility index (Phi) is 5.99. The first-order valence-electron chi connectivity index (χ1n) is 12.2. The van der Waals surface area contributed by atoms with Gasteiger partial charge in [0.05, 0.1) is 0 Å². The second-order valence-corrected chi connectivity index (χ2v) is 11.3. The number of hydrogen-bond donors (Lipinski definition) is 2. The van der Waals surface area contributed by atoms with Crippen molar-refractivity contribution in [3.8, 4) is 0 Å². The predicted molar refractivity (Wildman–Crippen MR) is 118 cm³/mol. The van der Waals surface area contributed by atoms with Crippen LogP contribution in [0.3, 0.4) is 0 Å². The molecular weight excluding hydrogens is 416 g/mol. The molecule has 0 aromatic carbocycles. The molecule has 5 rings (SSSR count). The van der Waals surface area contributed by atoms with Gasteiger partial charge < -0.3 is 14.9 Å². The second-order valence-electron chi connectivity index (χ2n) is 10.7. The largest absolute Gasteiger partial charge is 0.380 e. The summed E-state index contributed by atoms with van der Waals surface area (Å²) < 4.78 is 0. The molecule has 2 aliphatic heterocycles. The van der Waals surface area contributed by atoms with Gasteiger partial charge in [-0.1, -0.05) is 0 Å². The maximum atomic E-state index is 13.2. The zero-order valence-electron chi connectivity index (χ0n) is 18.6.